The lowest BCUT2D eigenvalue weighted by Gasteiger charge is -1.55. The first-order chi connectivity index (χ1) is 1.91. The third-order valence-corrected chi connectivity index (χ3v) is 0.0962. The first kappa shape index (κ1) is 48.5. The number of hydrogen-bond acceptors (Lipinski definition) is 2. The van der Waals surface area contributed by atoms with Crippen molar-refractivity contribution < 1.29 is 4.79 Å². The average molecular weight is 123 g/mol. The van der Waals surface area contributed by atoms with Gasteiger partial charge in [0.2, 0.25) is 0 Å². The molecule has 0 aliphatic rings. The van der Waals surface area contributed by atoms with Crippen molar-refractivity contribution in [1.29, 1.82) is 0 Å². The lowest BCUT2D eigenvalue weighted by atomic mass is 10.8. The van der Waals surface area contributed by atoms with E-state index >= 15 is 0 Å². The number of rotatable bonds is 1. The molecule has 2 nitrogen and oxygen atoms in total. The van der Waals surface area contributed by atoms with Crippen molar-refractivity contribution in [3.8, 4) is 0 Å². The predicted molar refractivity (Wildman–Crippen MR) is 42.0 cm³/mol. The molecule has 8 heavy (non-hydrogen) atoms. The van der Waals surface area contributed by atoms with Crippen molar-refractivity contribution in [2.45, 2.75) is 29.7 Å². The highest BCUT2D eigenvalue weighted by Crippen LogP contribution is 1.18. The summed E-state index contributed by atoms with van der Waals surface area (Å²) in [7, 11) is 0. The van der Waals surface area contributed by atoms with E-state index in [1.54, 1.807) is 0 Å². The van der Waals surface area contributed by atoms with Crippen LogP contribution in [0.1, 0.15) is 29.7 Å². The summed E-state index contributed by atoms with van der Waals surface area (Å²) in [4.78, 5) is 9.05. The Kier molecular flexibility index (Phi) is 479. The van der Waals surface area contributed by atoms with E-state index in [0.29, 0.717) is 6.29 Å². The highest BCUT2D eigenvalue weighted by molar-refractivity contribution is 5.51. The van der Waals surface area contributed by atoms with E-state index in [1.165, 1.54) is 0 Å². The van der Waals surface area contributed by atoms with Crippen LogP contribution in [0.5, 0.6) is 0 Å². The molecule has 0 saturated heterocycles. The molecule has 56 valence electrons. The van der Waals surface area contributed by atoms with Crippen LogP contribution in [0.15, 0.2) is 0 Å². The van der Waals surface area contributed by atoms with E-state index in [9.17, 15) is 0 Å². The Labute approximate surface area is 54.1 Å². The van der Waals surface area contributed by atoms with Gasteiger partial charge >= 0.3 is 0 Å². The molecule has 0 rings (SSSR count). The summed E-state index contributed by atoms with van der Waals surface area (Å²) in [6, 6.07) is 0. The molecule has 0 heterocycles. The summed E-state index contributed by atoms with van der Waals surface area (Å²) in [6.45, 7) is 0.139. The fourth-order valence-corrected chi connectivity index (χ4v) is 0. The minimum absolute atomic E-state index is 0. The van der Waals surface area contributed by atoms with Crippen LogP contribution < -0.4 is 5.73 Å². The lowest BCUT2D eigenvalue weighted by molar-refractivity contribution is -0.106. The summed E-state index contributed by atoms with van der Waals surface area (Å²) in [5, 5.41) is 0. The molecule has 0 aromatic carbocycles. The molecule has 0 saturated carbocycles. The van der Waals surface area contributed by atoms with Gasteiger partial charge in [0.05, 0.1) is 0 Å². The number of aldehydes is 1. The van der Waals surface area contributed by atoms with E-state index in [0.717, 1.165) is 0 Å². The maximum Gasteiger partial charge on any atom is 0.133 e. The Balaban J connectivity index is -0.00000000750. The molecule has 0 atom stereocenters. The molecular weight excluding hydrogens is 102 g/mol. The predicted octanol–water partition coefficient (Wildman–Crippen LogP) is 1.69. The molecule has 0 bridgehead atoms. The zero-order valence-corrected chi connectivity index (χ0v) is 2.27. The molecule has 0 spiro atoms. The highest BCUT2D eigenvalue weighted by Gasteiger charge is 1.51. The Bertz CT molecular complexity index is 22.5. The standard InChI is InChI=1S/C2H5NO.4CH4/c3-1-2-4;;;;/h2H,1,3H2;4*1H4. The lowest BCUT2D eigenvalue weighted by Crippen LogP contribution is -1.97. The van der Waals surface area contributed by atoms with Crippen LogP contribution in [0.3, 0.4) is 0 Å². The zero-order chi connectivity index (χ0) is 3.41. The second-order valence-corrected chi connectivity index (χ2v) is 0.402. The van der Waals surface area contributed by atoms with Gasteiger partial charge in [0.25, 0.3) is 0 Å². The van der Waals surface area contributed by atoms with Gasteiger partial charge in [-0.05, 0) is 0 Å². The highest BCUT2D eigenvalue weighted by atomic mass is 16.1. The molecule has 0 aromatic heterocycles. The van der Waals surface area contributed by atoms with Crippen molar-refractivity contribution >= 4 is 6.29 Å². The van der Waals surface area contributed by atoms with Crippen molar-refractivity contribution in [2.75, 3.05) is 6.54 Å². The Morgan fingerprint density at radius 3 is 1.25 bits per heavy atom. The van der Waals surface area contributed by atoms with Crippen molar-refractivity contribution in [1.82, 2.24) is 0 Å². The van der Waals surface area contributed by atoms with Crippen LogP contribution in [-0.2, 0) is 4.79 Å². The minimum Gasteiger partial charge on any atom is -0.324 e. The molecule has 0 unspecified atom stereocenters. The van der Waals surface area contributed by atoms with Gasteiger partial charge in [-0.2, -0.15) is 0 Å². The molecule has 0 fully saturated rings. The molecular formula is C6H21NO. The summed E-state index contributed by atoms with van der Waals surface area (Å²) in [5.74, 6) is 0. The van der Waals surface area contributed by atoms with Gasteiger partial charge in [-0.1, -0.05) is 29.7 Å². The molecule has 2 heteroatoms. The van der Waals surface area contributed by atoms with Gasteiger partial charge in [-0.25, -0.2) is 0 Å². The van der Waals surface area contributed by atoms with Gasteiger partial charge in [0.1, 0.15) is 6.29 Å². The molecule has 2 N–H and O–H groups in total. The van der Waals surface area contributed by atoms with E-state index in [2.05, 4.69) is 5.73 Å². The third kappa shape index (κ3) is 304. The minimum atomic E-state index is 0. The van der Waals surface area contributed by atoms with Gasteiger partial charge in [0.15, 0.2) is 0 Å². The molecule has 0 aliphatic carbocycles. The largest absolute Gasteiger partial charge is 0.324 e. The average Bonchev–Trinajstić information content (AvgIpc) is 1.37. The van der Waals surface area contributed by atoms with Gasteiger partial charge in [-0.15, -0.1) is 0 Å². The maximum absolute atomic E-state index is 9.05. The third-order valence-electron chi connectivity index (χ3n) is 0.0962. The molecule has 0 radical (unpaired) electrons. The Hall–Kier alpha value is -0.370. The Morgan fingerprint density at radius 2 is 1.25 bits per heavy atom. The second-order valence-electron chi connectivity index (χ2n) is 0.402. The zero-order valence-electron chi connectivity index (χ0n) is 2.27. The fourth-order valence-electron chi connectivity index (χ4n) is 0. The number of hydrogen-bond donors (Lipinski definition) is 1. The first-order valence-corrected chi connectivity index (χ1v) is 1.05. The van der Waals surface area contributed by atoms with Crippen LogP contribution >= 0.6 is 0 Å². The number of carbonyl (C=O) groups excluding carboxylic acids is 1. The van der Waals surface area contributed by atoms with Gasteiger partial charge in [-0.3, -0.25) is 0 Å². The second kappa shape index (κ2) is 79.1. The first-order valence-electron chi connectivity index (χ1n) is 1.05. The molecule has 0 aliphatic heterocycles. The van der Waals surface area contributed by atoms with Crippen LogP contribution in [-0.4, -0.2) is 12.8 Å². The van der Waals surface area contributed by atoms with E-state index < -0.39 is 0 Å². The summed E-state index contributed by atoms with van der Waals surface area (Å²) in [6.07, 6.45) is 0.653. The quantitative estimate of drug-likeness (QED) is 0.539. The number of nitrogens with two attached hydrogens (primary N) is 1. The van der Waals surface area contributed by atoms with Gasteiger partial charge in [0, 0.05) is 6.54 Å². The monoisotopic (exact) mass is 123 g/mol. The number of carbonyl (C=O) groups is 1. The van der Waals surface area contributed by atoms with Crippen LogP contribution in [0.4, 0.5) is 0 Å². The molecule has 0 aromatic rings. The topological polar surface area (TPSA) is 43.1 Å². The SMILES string of the molecule is C.C.C.C.NCC=O. The van der Waals surface area contributed by atoms with E-state index in [4.69, 9.17) is 4.79 Å². The van der Waals surface area contributed by atoms with E-state index in [-0.39, 0.29) is 36.3 Å². The van der Waals surface area contributed by atoms with E-state index in [1.807, 2.05) is 0 Å². The van der Waals surface area contributed by atoms with Crippen molar-refractivity contribution in [2.24, 2.45) is 5.73 Å². The Morgan fingerprint density at radius 1 is 1.12 bits per heavy atom. The normalized spacial score (nSPS) is 3.12. The van der Waals surface area contributed by atoms with Crippen LogP contribution in [0, 0.1) is 0 Å². The fraction of sp³-hybridized carbons (Fsp3) is 0.833. The van der Waals surface area contributed by atoms with Crippen molar-refractivity contribution in [3.63, 3.8) is 0 Å². The van der Waals surface area contributed by atoms with Crippen LogP contribution in [0.2, 0.25) is 0 Å². The molecule has 0 amide bonds. The summed E-state index contributed by atoms with van der Waals surface area (Å²) >= 11 is 0. The van der Waals surface area contributed by atoms with Crippen molar-refractivity contribution in [3.05, 3.63) is 0 Å². The van der Waals surface area contributed by atoms with Crippen LogP contribution in [0.25, 0.3) is 0 Å². The maximum atomic E-state index is 9.05. The summed E-state index contributed by atoms with van der Waals surface area (Å²) in [5.41, 5.74) is 4.66. The van der Waals surface area contributed by atoms with Gasteiger partial charge < -0.3 is 10.5 Å². The summed E-state index contributed by atoms with van der Waals surface area (Å²) < 4.78 is 0. The smallest absolute Gasteiger partial charge is 0.133 e.